The van der Waals surface area contributed by atoms with Crippen molar-refractivity contribution in [3.8, 4) is 0 Å². The van der Waals surface area contributed by atoms with Gasteiger partial charge in [0.15, 0.2) is 5.78 Å². The highest BCUT2D eigenvalue weighted by atomic mass is 16.5. The summed E-state index contributed by atoms with van der Waals surface area (Å²) in [6, 6.07) is 7.48. The van der Waals surface area contributed by atoms with Crippen molar-refractivity contribution in [3.05, 3.63) is 29.8 Å². The van der Waals surface area contributed by atoms with Gasteiger partial charge in [-0.25, -0.2) is 0 Å². The number of carbonyl (C=O) groups excluding carboxylic acids is 2. The number of methoxy groups -OCH3 is 1. The van der Waals surface area contributed by atoms with E-state index in [9.17, 15) is 9.59 Å². The molecule has 0 fully saturated rings. The highest BCUT2D eigenvalue weighted by Crippen LogP contribution is 2.20. The Kier molecular flexibility index (Phi) is 5.36. The molecule has 0 aliphatic carbocycles. The molecule has 0 aliphatic heterocycles. The van der Waals surface area contributed by atoms with E-state index in [4.69, 9.17) is 0 Å². The second kappa shape index (κ2) is 6.79. The molecular weight excluding hydrogens is 230 g/mol. The number of hydrogen-bond acceptors (Lipinski definition) is 4. The van der Waals surface area contributed by atoms with Crippen LogP contribution in [0.1, 0.15) is 29.6 Å². The predicted molar refractivity (Wildman–Crippen MR) is 71.0 cm³/mol. The van der Waals surface area contributed by atoms with Gasteiger partial charge in [0.2, 0.25) is 0 Å². The SMILES string of the molecule is COC(=O)CCCC(=O)c1ccccc1N(C)C. The molecule has 0 atom stereocenters. The topological polar surface area (TPSA) is 46.6 Å². The van der Waals surface area contributed by atoms with Gasteiger partial charge in [-0.15, -0.1) is 0 Å². The van der Waals surface area contributed by atoms with E-state index in [-0.39, 0.29) is 18.2 Å². The van der Waals surface area contributed by atoms with E-state index in [1.54, 1.807) is 0 Å². The maximum absolute atomic E-state index is 12.1. The van der Waals surface area contributed by atoms with E-state index >= 15 is 0 Å². The Morgan fingerprint density at radius 2 is 1.83 bits per heavy atom. The number of hydrogen-bond donors (Lipinski definition) is 0. The van der Waals surface area contributed by atoms with Gasteiger partial charge in [-0.2, -0.15) is 0 Å². The van der Waals surface area contributed by atoms with Crippen molar-refractivity contribution in [1.29, 1.82) is 0 Å². The molecule has 0 saturated heterocycles. The molecular formula is C14H19NO3. The number of Topliss-reactive ketones (excluding diaryl/α,β-unsaturated/α-hetero) is 1. The first-order valence-electron chi connectivity index (χ1n) is 5.92. The van der Waals surface area contributed by atoms with E-state index in [1.165, 1.54) is 7.11 Å². The zero-order valence-electron chi connectivity index (χ0n) is 11.1. The lowest BCUT2D eigenvalue weighted by Gasteiger charge is -2.16. The molecule has 0 unspecified atom stereocenters. The van der Waals surface area contributed by atoms with Crippen LogP contribution in [0.25, 0.3) is 0 Å². The molecule has 98 valence electrons. The molecule has 0 aliphatic rings. The number of rotatable bonds is 6. The number of benzene rings is 1. The fraction of sp³-hybridized carbons (Fsp3) is 0.429. The summed E-state index contributed by atoms with van der Waals surface area (Å²) >= 11 is 0. The standard InChI is InChI=1S/C14H19NO3/c1-15(2)12-8-5-4-7-11(12)13(16)9-6-10-14(17)18-3/h4-5,7-8H,6,9-10H2,1-3H3. The monoisotopic (exact) mass is 249 g/mol. The highest BCUT2D eigenvalue weighted by Gasteiger charge is 2.12. The Hall–Kier alpha value is -1.84. The first-order valence-corrected chi connectivity index (χ1v) is 5.92. The number of esters is 1. The van der Waals surface area contributed by atoms with Crippen molar-refractivity contribution >= 4 is 17.4 Å². The number of carbonyl (C=O) groups is 2. The third-order valence-electron chi connectivity index (χ3n) is 2.70. The summed E-state index contributed by atoms with van der Waals surface area (Å²) in [6.07, 6.45) is 1.17. The van der Waals surface area contributed by atoms with Gasteiger partial charge in [0, 0.05) is 38.2 Å². The van der Waals surface area contributed by atoms with Gasteiger partial charge in [-0.05, 0) is 18.6 Å². The van der Waals surface area contributed by atoms with Gasteiger partial charge >= 0.3 is 5.97 Å². The summed E-state index contributed by atoms with van der Waals surface area (Å²) < 4.78 is 4.54. The van der Waals surface area contributed by atoms with Crippen LogP contribution in [0, 0.1) is 0 Å². The predicted octanol–water partition coefficient (Wildman–Crippen LogP) is 2.28. The summed E-state index contributed by atoms with van der Waals surface area (Å²) in [6.45, 7) is 0. The lowest BCUT2D eigenvalue weighted by atomic mass is 10.0. The molecule has 0 aromatic heterocycles. The third kappa shape index (κ3) is 3.87. The molecule has 4 heteroatoms. The van der Waals surface area contributed by atoms with Crippen molar-refractivity contribution in [3.63, 3.8) is 0 Å². The van der Waals surface area contributed by atoms with E-state index in [1.807, 2.05) is 43.3 Å². The number of ketones is 1. The Morgan fingerprint density at radius 3 is 2.44 bits per heavy atom. The average Bonchev–Trinajstić information content (AvgIpc) is 2.38. The Morgan fingerprint density at radius 1 is 1.17 bits per heavy atom. The van der Waals surface area contributed by atoms with Gasteiger partial charge in [0.25, 0.3) is 0 Å². The number of ether oxygens (including phenoxy) is 1. The smallest absolute Gasteiger partial charge is 0.305 e. The molecule has 0 N–H and O–H groups in total. The molecule has 0 saturated carbocycles. The van der Waals surface area contributed by atoms with Gasteiger partial charge in [0.05, 0.1) is 7.11 Å². The molecule has 1 aromatic rings. The molecule has 0 amide bonds. The Labute approximate surface area is 108 Å². The van der Waals surface area contributed by atoms with E-state index < -0.39 is 0 Å². The van der Waals surface area contributed by atoms with Crippen LogP contribution in [0.5, 0.6) is 0 Å². The quantitative estimate of drug-likeness (QED) is 0.573. The number of anilines is 1. The minimum absolute atomic E-state index is 0.0585. The van der Waals surface area contributed by atoms with Crippen molar-refractivity contribution in [2.24, 2.45) is 0 Å². The van der Waals surface area contributed by atoms with E-state index in [0.29, 0.717) is 18.4 Å². The molecule has 1 aromatic carbocycles. The van der Waals surface area contributed by atoms with Crippen molar-refractivity contribution < 1.29 is 14.3 Å². The van der Waals surface area contributed by atoms with Crippen molar-refractivity contribution in [2.75, 3.05) is 26.1 Å². The molecule has 0 spiro atoms. The number of para-hydroxylation sites is 1. The van der Waals surface area contributed by atoms with Crippen LogP contribution in [-0.4, -0.2) is 33.0 Å². The summed E-state index contributed by atoms with van der Waals surface area (Å²) in [5.41, 5.74) is 1.60. The zero-order chi connectivity index (χ0) is 13.5. The van der Waals surface area contributed by atoms with Crippen molar-refractivity contribution in [1.82, 2.24) is 0 Å². The van der Waals surface area contributed by atoms with Crippen LogP contribution in [-0.2, 0) is 9.53 Å². The van der Waals surface area contributed by atoms with Gasteiger partial charge in [0.1, 0.15) is 0 Å². The van der Waals surface area contributed by atoms with Gasteiger partial charge in [-0.1, -0.05) is 12.1 Å². The lowest BCUT2D eigenvalue weighted by molar-refractivity contribution is -0.140. The highest BCUT2D eigenvalue weighted by molar-refractivity contribution is 6.01. The first-order chi connectivity index (χ1) is 8.56. The van der Waals surface area contributed by atoms with Crippen LogP contribution in [0.2, 0.25) is 0 Å². The van der Waals surface area contributed by atoms with Crippen LogP contribution in [0.3, 0.4) is 0 Å². The maximum Gasteiger partial charge on any atom is 0.305 e. The molecule has 0 bridgehead atoms. The second-order valence-electron chi connectivity index (χ2n) is 4.26. The average molecular weight is 249 g/mol. The minimum Gasteiger partial charge on any atom is -0.469 e. The first kappa shape index (κ1) is 14.2. The van der Waals surface area contributed by atoms with E-state index in [2.05, 4.69) is 4.74 Å². The summed E-state index contributed by atoms with van der Waals surface area (Å²) in [5, 5.41) is 0. The summed E-state index contributed by atoms with van der Waals surface area (Å²) in [5.74, 6) is -0.216. The summed E-state index contributed by atoms with van der Waals surface area (Å²) in [4.78, 5) is 24.9. The minimum atomic E-state index is -0.274. The second-order valence-corrected chi connectivity index (χ2v) is 4.26. The van der Waals surface area contributed by atoms with Crippen LogP contribution in [0.15, 0.2) is 24.3 Å². The van der Waals surface area contributed by atoms with E-state index in [0.717, 1.165) is 5.69 Å². The maximum atomic E-state index is 12.1. The molecule has 0 heterocycles. The molecule has 18 heavy (non-hydrogen) atoms. The molecule has 1 rings (SSSR count). The van der Waals surface area contributed by atoms with Crippen molar-refractivity contribution in [2.45, 2.75) is 19.3 Å². The Balaban J connectivity index is 2.64. The van der Waals surface area contributed by atoms with Gasteiger partial charge < -0.3 is 9.64 Å². The fourth-order valence-electron chi connectivity index (χ4n) is 1.73. The fourth-order valence-corrected chi connectivity index (χ4v) is 1.73. The normalized spacial score (nSPS) is 9.94. The van der Waals surface area contributed by atoms with Crippen LogP contribution >= 0.6 is 0 Å². The Bertz CT molecular complexity index is 427. The zero-order valence-corrected chi connectivity index (χ0v) is 11.1. The largest absolute Gasteiger partial charge is 0.469 e. The number of nitrogens with zero attached hydrogens (tertiary/aromatic N) is 1. The van der Waals surface area contributed by atoms with Crippen LogP contribution < -0.4 is 4.90 Å². The molecule has 0 radical (unpaired) electrons. The van der Waals surface area contributed by atoms with Crippen LogP contribution in [0.4, 0.5) is 5.69 Å². The van der Waals surface area contributed by atoms with Gasteiger partial charge in [-0.3, -0.25) is 9.59 Å². The molecule has 4 nitrogen and oxygen atoms in total. The lowest BCUT2D eigenvalue weighted by Crippen LogP contribution is -2.14. The summed E-state index contributed by atoms with van der Waals surface area (Å²) in [7, 11) is 5.16. The third-order valence-corrected chi connectivity index (χ3v) is 2.70.